The molecule has 0 N–H and O–H groups in total. The van der Waals surface area contributed by atoms with E-state index in [0.717, 1.165) is 18.4 Å². The largest absolute Gasteiger partial charge is 0.492 e. The molecule has 0 aliphatic rings. The number of nitrogens with zero attached hydrogens (tertiary/aromatic N) is 2. The van der Waals surface area contributed by atoms with Crippen molar-refractivity contribution in [2.24, 2.45) is 0 Å². The van der Waals surface area contributed by atoms with Gasteiger partial charge in [0.1, 0.15) is 11.8 Å². The lowest BCUT2D eigenvalue weighted by atomic mass is 10.1. The molecule has 0 aromatic heterocycles. The fourth-order valence-electron chi connectivity index (χ4n) is 1.40. The smallest absolute Gasteiger partial charge is 0.138 e. The minimum atomic E-state index is 0.521. The summed E-state index contributed by atoms with van der Waals surface area (Å²) in [5, 5.41) is 17.8. The molecule has 0 unspecified atom stereocenters. The fraction of sp³-hybridized carbons (Fsp3) is 0.385. The van der Waals surface area contributed by atoms with Crippen LogP contribution in [-0.2, 0) is 0 Å². The minimum Gasteiger partial charge on any atom is -0.492 e. The molecule has 0 saturated carbocycles. The minimum absolute atomic E-state index is 0.521. The number of ether oxygens (including phenoxy) is 1. The zero-order chi connectivity index (χ0) is 12.0. The Morgan fingerprint density at radius 1 is 1.25 bits per heavy atom. The zero-order valence-corrected chi connectivity index (χ0v) is 9.58. The van der Waals surface area contributed by atoms with Crippen LogP contribution in [0.15, 0.2) is 12.1 Å². The van der Waals surface area contributed by atoms with E-state index in [-0.39, 0.29) is 0 Å². The van der Waals surface area contributed by atoms with Gasteiger partial charge in [-0.2, -0.15) is 10.5 Å². The molecule has 0 radical (unpaired) electrons. The van der Waals surface area contributed by atoms with Gasteiger partial charge in [-0.15, -0.1) is 0 Å². The van der Waals surface area contributed by atoms with Crippen LogP contribution >= 0.6 is 0 Å². The van der Waals surface area contributed by atoms with Gasteiger partial charge < -0.3 is 4.74 Å². The van der Waals surface area contributed by atoms with Gasteiger partial charge in [0.15, 0.2) is 0 Å². The second kappa shape index (κ2) is 5.78. The number of unbranched alkanes of at least 4 members (excludes halogenated alkanes) is 1. The van der Waals surface area contributed by atoms with Crippen molar-refractivity contribution in [3.8, 4) is 17.9 Å². The van der Waals surface area contributed by atoms with E-state index >= 15 is 0 Å². The number of hydrogen-bond acceptors (Lipinski definition) is 3. The molecule has 0 aliphatic heterocycles. The highest BCUT2D eigenvalue weighted by Gasteiger charge is 2.08. The number of rotatable bonds is 4. The molecule has 0 aliphatic carbocycles. The molecule has 1 aromatic carbocycles. The summed E-state index contributed by atoms with van der Waals surface area (Å²) in [6.45, 7) is 4.47. The van der Waals surface area contributed by atoms with Crippen molar-refractivity contribution in [3.05, 3.63) is 28.8 Å². The van der Waals surface area contributed by atoms with Gasteiger partial charge in [-0.05, 0) is 31.0 Å². The van der Waals surface area contributed by atoms with Gasteiger partial charge in [0.2, 0.25) is 0 Å². The second-order valence-electron chi connectivity index (χ2n) is 3.59. The summed E-state index contributed by atoms with van der Waals surface area (Å²) in [5.41, 5.74) is 1.84. The summed E-state index contributed by atoms with van der Waals surface area (Å²) in [4.78, 5) is 0. The Balaban J connectivity index is 3.01. The van der Waals surface area contributed by atoms with Crippen LogP contribution in [0.3, 0.4) is 0 Å². The average Bonchev–Trinajstić information content (AvgIpc) is 2.29. The summed E-state index contributed by atoms with van der Waals surface area (Å²) >= 11 is 0. The van der Waals surface area contributed by atoms with E-state index in [4.69, 9.17) is 15.3 Å². The third kappa shape index (κ3) is 2.74. The highest BCUT2D eigenvalue weighted by Crippen LogP contribution is 2.23. The molecule has 0 heterocycles. The van der Waals surface area contributed by atoms with Gasteiger partial charge in [0.25, 0.3) is 0 Å². The van der Waals surface area contributed by atoms with Crippen LogP contribution < -0.4 is 4.74 Å². The molecule has 0 atom stereocenters. The fourth-order valence-corrected chi connectivity index (χ4v) is 1.40. The van der Waals surface area contributed by atoms with Gasteiger partial charge in [-0.25, -0.2) is 0 Å². The van der Waals surface area contributed by atoms with Crippen molar-refractivity contribution in [2.75, 3.05) is 6.61 Å². The van der Waals surface area contributed by atoms with E-state index in [1.165, 1.54) is 0 Å². The number of aryl methyl sites for hydroxylation is 1. The van der Waals surface area contributed by atoms with Crippen molar-refractivity contribution in [1.82, 2.24) is 0 Å². The molecule has 0 saturated heterocycles. The van der Waals surface area contributed by atoms with E-state index in [0.29, 0.717) is 23.5 Å². The molecule has 0 amide bonds. The third-order valence-electron chi connectivity index (χ3n) is 2.30. The van der Waals surface area contributed by atoms with E-state index < -0.39 is 0 Å². The first-order valence-electron chi connectivity index (χ1n) is 5.30. The first-order valence-corrected chi connectivity index (χ1v) is 5.30. The molecule has 3 heteroatoms. The van der Waals surface area contributed by atoms with E-state index in [1.54, 1.807) is 12.1 Å². The second-order valence-corrected chi connectivity index (χ2v) is 3.59. The lowest BCUT2D eigenvalue weighted by Crippen LogP contribution is -2.00. The molecular weight excluding hydrogens is 200 g/mol. The normalized spacial score (nSPS) is 9.25. The lowest BCUT2D eigenvalue weighted by molar-refractivity contribution is 0.308. The summed E-state index contributed by atoms with van der Waals surface area (Å²) in [5.74, 6) is 0.521. The quantitative estimate of drug-likeness (QED) is 0.724. The van der Waals surface area contributed by atoms with Crippen LogP contribution in [0.25, 0.3) is 0 Å². The van der Waals surface area contributed by atoms with Crippen molar-refractivity contribution >= 4 is 0 Å². The van der Waals surface area contributed by atoms with Crippen molar-refractivity contribution < 1.29 is 4.74 Å². The Kier molecular flexibility index (Phi) is 4.36. The van der Waals surface area contributed by atoms with Crippen molar-refractivity contribution in [1.29, 1.82) is 10.5 Å². The van der Waals surface area contributed by atoms with Crippen LogP contribution in [0.5, 0.6) is 5.75 Å². The summed E-state index contributed by atoms with van der Waals surface area (Å²) in [6.07, 6.45) is 1.99. The topological polar surface area (TPSA) is 56.8 Å². The average molecular weight is 214 g/mol. The molecule has 3 nitrogen and oxygen atoms in total. The third-order valence-corrected chi connectivity index (χ3v) is 2.30. The SMILES string of the molecule is CCCCOc1cc(C#N)cc(C)c1C#N. The lowest BCUT2D eigenvalue weighted by Gasteiger charge is -2.09. The Labute approximate surface area is 95.9 Å². The maximum atomic E-state index is 9.01. The van der Waals surface area contributed by atoms with Gasteiger partial charge in [-0.1, -0.05) is 13.3 Å². The van der Waals surface area contributed by atoms with Gasteiger partial charge >= 0.3 is 0 Å². The predicted octanol–water partition coefficient (Wildman–Crippen LogP) is 2.92. The van der Waals surface area contributed by atoms with Crippen molar-refractivity contribution in [2.45, 2.75) is 26.7 Å². The van der Waals surface area contributed by atoms with E-state index in [9.17, 15) is 0 Å². The highest BCUT2D eigenvalue weighted by molar-refractivity contribution is 5.53. The Bertz CT molecular complexity index is 452. The molecule has 0 bridgehead atoms. The number of nitriles is 2. The van der Waals surface area contributed by atoms with Crippen LogP contribution in [0.4, 0.5) is 0 Å². The summed E-state index contributed by atoms with van der Waals surface area (Å²) < 4.78 is 5.52. The number of benzene rings is 1. The van der Waals surface area contributed by atoms with Crippen molar-refractivity contribution in [3.63, 3.8) is 0 Å². The first kappa shape index (κ1) is 12.1. The summed E-state index contributed by atoms with van der Waals surface area (Å²) in [7, 11) is 0. The highest BCUT2D eigenvalue weighted by atomic mass is 16.5. The molecule has 82 valence electrons. The molecule has 0 fully saturated rings. The molecule has 1 aromatic rings. The van der Waals surface area contributed by atoms with Gasteiger partial charge in [0, 0.05) is 0 Å². The van der Waals surface area contributed by atoms with E-state index in [1.807, 2.05) is 6.92 Å². The summed E-state index contributed by atoms with van der Waals surface area (Å²) in [6, 6.07) is 7.49. The standard InChI is InChI=1S/C13H14N2O/c1-3-4-5-16-13-7-11(8-14)6-10(2)12(13)9-15/h6-7H,3-5H2,1-2H3. The van der Waals surface area contributed by atoms with Crippen LogP contribution in [0.1, 0.15) is 36.5 Å². The Morgan fingerprint density at radius 3 is 2.56 bits per heavy atom. The van der Waals surface area contributed by atoms with E-state index in [2.05, 4.69) is 19.1 Å². The molecule has 1 rings (SSSR count). The van der Waals surface area contributed by atoms with Gasteiger partial charge in [0.05, 0.1) is 23.8 Å². The predicted molar refractivity (Wildman–Crippen MR) is 61.0 cm³/mol. The van der Waals surface area contributed by atoms with Crippen LogP contribution in [-0.4, -0.2) is 6.61 Å². The Morgan fingerprint density at radius 2 is 2.00 bits per heavy atom. The molecule has 16 heavy (non-hydrogen) atoms. The number of hydrogen-bond donors (Lipinski definition) is 0. The maximum absolute atomic E-state index is 9.01. The molecule has 0 spiro atoms. The van der Waals surface area contributed by atoms with Crippen LogP contribution in [0.2, 0.25) is 0 Å². The monoisotopic (exact) mass is 214 g/mol. The Hall–Kier alpha value is -2.00. The zero-order valence-electron chi connectivity index (χ0n) is 9.58. The maximum Gasteiger partial charge on any atom is 0.138 e. The van der Waals surface area contributed by atoms with Crippen LogP contribution in [0, 0.1) is 29.6 Å². The first-order chi connectivity index (χ1) is 7.72. The van der Waals surface area contributed by atoms with Gasteiger partial charge in [-0.3, -0.25) is 0 Å². The molecular formula is C13H14N2O.